The van der Waals surface area contributed by atoms with Gasteiger partial charge < -0.3 is 5.11 Å². The molecular weight excluding hydrogens is 295 g/mol. The van der Waals surface area contributed by atoms with E-state index in [1.165, 1.54) is 25.3 Å². The third-order valence-electron chi connectivity index (χ3n) is 2.98. The minimum Gasteiger partial charge on any atom is -0.392 e. The average Bonchev–Trinajstić information content (AvgIpc) is 2.41. The van der Waals surface area contributed by atoms with E-state index in [9.17, 15) is 12.8 Å². The highest BCUT2D eigenvalue weighted by Crippen LogP contribution is 2.23. The summed E-state index contributed by atoms with van der Waals surface area (Å²) in [7, 11) is -3.94. The maximum absolute atomic E-state index is 13.7. The van der Waals surface area contributed by atoms with Crippen molar-refractivity contribution in [3.05, 3.63) is 53.1 Å². The van der Waals surface area contributed by atoms with Gasteiger partial charge in [0.25, 0.3) is 10.0 Å². The molecule has 1 aromatic heterocycles. The van der Waals surface area contributed by atoms with Crippen LogP contribution >= 0.6 is 0 Å². The third kappa shape index (κ3) is 3.37. The summed E-state index contributed by atoms with van der Waals surface area (Å²) in [6, 6.07) is 5.45. The number of anilines is 1. The third-order valence-corrected chi connectivity index (χ3v) is 4.48. The monoisotopic (exact) mass is 310 g/mol. The van der Waals surface area contributed by atoms with Gasteiger partial charge in [-0.3, -0.25) is 9.71 Å². The standard InChI is InChI=1S/C14H15FN2O3S/c1-9-5-12(3-4-16-9)17-21(19,20)14-7-11(8-18)6-13(15)10(14)2/h3-7,18H,8H2,1-2H3,(H,16,17). The van der Waals surface area contributed by atoms with Gasteiger partial charge in [0.05, 0.1) is 17.2 Å². The van der Waals surface area contributed by atoms with Crippen molar-refractivity contribution in [2.75, 3.05) is 4.72 Å². The molecule has 0 radical (unpaired) electrons. The number of aliphatic hydroxyl groups is 1. The van der Waals surface area contributed by atoms with Crippen LogP contribution in [0, 0.1) is 19.7 Å². The van der Waals surface area contributed by atoms with Crippen molar-refractivity contribution in [2.45, 2.75) is 25.3 Å². The summed E-state index contributed by atoms with van der Waals surface area (Å²) in [5.74, 6) is -0.673. The molecule has 0 aliphatic heterocycles. The quantitative estimate of drug-likeness (QED) is 0.906. The van der Waals surface area contributed by atoms with Crippen molar-refractivity contribution < 1.29 is 17.9 Å². The van der Waals surface area contributed by atoms with E-state index in [0.29, 0.717) is 11.4 Å². The highest BCUT2D eigenvalue weighted by molar-refractivity contribution is 7.92. The SMILES string of the molecule is Cc1cc(NS(=O)(=O)c2cc(CO)cc(F)c2C)ccn1. The van der Waals surface area contributed by atoms with Crippen molar-refractivity contribution in [3.8, 4) is 0 Å². The van der Waals surface area contributed by atoms with Gasteiger partial charge in [0.15, 0.2) is 0 Å². The van der Waals surface area contributed by atoms with Gasteiger partial charge in [-0.15, -0.1) is 0 Å². The smallest absolute Gasteiger partial charge is 0.262 e. The number of nitrogens with one attached hydrogen (secondary N) is 1. The molecule has 7 heteroatoms. The second-order valence-corrected chi connectivity index (χ2v) is 6.30. The Morgan fingerprint density at radius 2 is 2.00 bits per heavy atom. The first-order valence-corrected chi connectivity index (χ1v) is 7.67. The van der Waals surface area contributed by atoms with Crippen molar-refractivity contribution in [3.63, 3.8) is 0 Å². The van der Waals surface area contributed by atoms with Gasteiger partial charge in [0, 0.05) is 17.5 Å². The van der Waals surface area contributed by atoms with Gasteiger partial charge in [-0.2, -0.15) is 0 Å². The van der Waals surface area contributed by atoms with Gasteiger partial charge in [-0.05, 0) is 43.7 Å². The number of aromatic nitrogens is 1. The van der Waals surface area contributed by atoms with Gasteiger partial charge in [-0.1, -0.05) is 0 Å². The summed E-state index contributed by atoms with van der Waals surface area (Å²) >= 11 is 0. The van der Waals surface area contributed by atoms with Gasteiger partial charge in [-0.25, -0.2) is 12.8 Å². The van der Waals surface area contributed by atoms with Crippen LogP contribution in [0.15, 0.2) is 35.4 Å². The van der Waals surface area contributed by atoms with Gasteiger partial charge in [0.2, 0.25) is 0 Å². The number of sulfonamides is 1. The highest BCUT2D eigenvalue weighted by Gasteiger charge is 2.20. The maximum Gasteiger partial charge on any atom is 0.262 e. The van der Waals surface area contributed by atoms with Crippen LogP contribution in [0.1, 0.15) is 16.8 Å². The Kier molecular flexibility index (Phi) is 4.24. The second-order valence-electron chi connectivity index (χ2n) is 4.65. The van der Waals surface area contributed by atoms with Crippen molar-refractivity contribution >= 4 is 15.7 Å². The predicted octanol–water partition coefficient (Wildman–Crippen LogP) is 2.13. The minimum atomic E-state index is -3.94. The van der Waals surface area contributed by atoms with E-state index in [0.717, 1.165) is 6.07 Å². The molecule has 1 heterocycles. The summed E-state index contributed by atoms with van der Waals surface area (Å²) in [5, 5.41) is 9.08. The number of benzene rings is 1. The Balaban J connectivity index is 2.47. The van der Waals surface area contributed by atoms with E-state index >= 15 is 0 Å². The van der Waals surface area contributed by atoms with E-state index in [-0.39, 0.29) is 16.0 Å². The molecule has 2 N–H and O–H groups in total. The molecule has 0 bridgehead atoms. The summed E-state index contributed by atoms with van der Waals surface area (Å²) in [4.78, 5) is 3.78. The van der Waals surface area contributed by atoms with Crippen LogP contribution in [-0.4, -0.2) is 18.5 Å². The molecule has 112 valence electrons. The summed E-state index contributed by atoms with van der Waals surface area (Å²) in [5.41, 5.74) is 1.20. The Bertz CT molecular complexity index is 776. The Morgan fingerprint density at radius 3 is 2.62 bits per heavy atom. The largest absolute Gasteiger partial charge is 0.392 e. The van der Waals surface area contributed by atoms with Crippen molar-refractivity contribution in [2.24, 2.45) is 0 Å². The molecule has 0 aliphatic carbocycles. The number of rotatable bonds is 4. The molecule has 1 aromatic carbocycles. The molecule has 0 aliphatic rings. The molecule has 0 fully saturated rings. The minimum absolute atomic E-state index is 0.00507. The number of aliphatic hydroxyl groups excluding tert-OH is 1. The fourth-order valence-electron chi connectivity index (χ4n) is 1.90. The van der Waals surface area contributed by atoms with Crippen LogP contribution in [-0.2, 0) is 16.6 Å². The fraction of sp³-hybridized carbons (Fsp3) is 0.214. The molecule has 0 amide bonds. The van der Waals surface area contributed by atoms with Crippen LogP contribution in [0.2, 0.25) is 0 Å². The number of halogens is 1. The molecule has 2 aromatic rings. The lowest BCUT2D eigenvalue weighted by Crippen LogP contribution is -2.15. The second kappa shape index (κ2) is 5.79. The average molecular weight is 310 g/mol. The van der Waals surface area contributed by atoms with Crippen molar-refractivity contribution in [1.29, 1.82) is 0 Å². The number of nitrogens with zero attached hydrogens (tertiary/aromatic N) is 1. The molecule has 2 rings (SSSR count). The Morgan fingerprint density at radius 1 is 1.29 bits per heavy atom. The fourth-order valence-corrected chi connectivity index (χ4v) is 3.25. The first-order chi connectivity index (χ1) is 9.83. The number of pyridine rings is 1. The number of hydrogen-bond donors (Lipinski definition) is 2. The maximum atomic E-state index is 13.7. The number of aryl methyl sites for hydroxylation is 1. The van der Waals surface area contributed by atoms with Gasteiger partial charge in [0.1, 0.15) is 5.82 Å². The normalized spacial score (nSPS) is 11.4. The van der Waals surface area contributed by atoms with Crippen LogP contribution < -0.4 is 4.72 Å². The van der Waals surface area contributed by atoms with Gasteiger partial charge >= 0.3 is 0 Å². The summed E-state index contributed by atoms with van der Waals surface area (Å²) in [6.07, 6.45) is 1.48. The lowest BCUT2D eigenvalue weighted by Gasteiger charge is -2.12. The molecule has 21 heavy (non-hydrogen) atoms. The summed E-state index contributed by atoms with van der Waals surface area (Å²) in [6.45, 7) is 2.67. The van der Waals surface area contributed by atoms with E-state index in [2.05, 4.69) is 9.71 Å². The van der Waals surface area contributed by atoms with Crippen LogP contribution in [0.3, 0.4) is 0 Å². The zero-order chi connectivity index (χ0) is 15.6. The van der Waals surface area contributed by atoms with Crippen molar-refractivity contribution in [1.82, 2.24) is 4.98 Å². The van der Waals surface area contributed by atoms with E-state index in [4.69, 9.17) is 5.11 Å². The molecule has 0 saturated heterocycles. The van der Waals surface area contributed by atoms with E-state index in [1.807, 2.05) is 0 Å². The molecular formula is C14H15FN2O3S. The van der Waals surface area contributed by atoms with Crippen LogP contribution in [0.5, 0.6) is 0 Å². The molecule has 0 saturated carbocycles. The Labute approximate surface area is 122 Å². The zero-order valence-electron chi connectivity index (χ0n) is 11.6. The topological polar surface area (TPSA) is 79.3 Å². The molecule has 0 unspecified atom stereocenters. The first-order valence-electron chi connectivity index (χ1n) is 6.19. The highest BCUT2D eigenvalue weighted by atomic mass is 32.2. The first kappa shape index (κ1) is 15.4. The summed E-state index contributed by atoms with van der Waals surface area (Å²) < 4.78 is 40.9. The van der Waals surface area contributed by atoms with Crippen LogP contribution in [0.4, 0.5) is 10.1 Å². The molecule has 5 nitrogen and oxygen atoms in total. The lowest BCUT2D eigenvalue weighted by molar-refractivity contribution is 0.281. The zero-order valence-corrected chi connectivity index (χ0v) is 12.4. The molecule has 0 spiro atoms. The van der Waals surface area contributed by atoms with E-state index < -0.39 is 22.4 Å². The van der Waals surface area contributed by atoms with E-state index in [1.54, 1.807) is 13.0 Å². The Hall–Kier alpha value is -1.99. The lowest BCUT2D eigenvalue weighted by atomic mass is 10.1. The van der Waals surface area contributed by atoms with Crippen LogP contribution in [0.25, 0.3) is 0 Å². The predicted molar refractivity (Wildman–Crippen MR) is 76.8 cm³/mol. The number of hydrogen-bond acceptors (Lipinski definition) is 4. The molecule has 0 atom stereocenters.